The average Bonchev–Trinajstić information content (AvgIpc) is 3.12. The van der Waals surface area contributed by atoms with Gasteiger partial charge in [0.2, 0.25) is 5.91 Å². The summed E-state index contributed by atoms with van der Waals surface area (Å²) in [6.07, 6.45) is 1.80. The fourth-order valence-electron chi connectivity index (χ4n) is 4.21. The van der Waals surface area contributed by atoms with Crippen molar-refractivity contribution in [2.24, 2.45) is 0 Å². The van der Waals surface area contributed by atoms with Crippen molar-refractivity contribution in [1.82, 2.24) is 10.6 Å². The second-order valence-corrected chi connectivity index (χ2v) is 8.51. The molecule has 1 aliphatic rings. The first-order valence-electron chi connectivity index (χ1n) is 11.5. The smallest absolute Gasteiger partial charge is 0.407 e. The lowest BCUT2D eigenvalue weighted by molar-refractivity contribution is -0.137. The molecular formula is C26H32N2O5. The summed E-state index contributed by atoms with van der Waals surface area (Å²) in [5.74, 6) is -1.28. The van der Waals surface area contributed by atoms with Crippen molar-refractivity contribution >= 4 is 18.0 Å². The van der Waals surface area contributed by atoms with Crippen LogP contribution in [0, 0.1) is 0 Å². The van der Waals surface area contributed by atoms with Crippen LogP contribution in [0.25, 0.3) is 11.1 Å². The summed E-state index contributed by atoms with van der Waals surface area (Å²) in [6, 6.07) is 15.2. The maximum atomic E-state index is 12.7. The highest BCUT2D eigenvalue weighted by Crippen LogP contribution is 2.44. The maximum Gasteiger partial charge on any atom is 0.407 e. The number of hydrogen-bond donors (Lipinski definition) is 3. The minimum Gasteiger partial charge on any atom is -0.481 e. The number of nitrogens with one attached hydrogen (secondary N) is 2. The quantitative estimate of drug-likeness (QED) is 0.467. The minimum absolute atomic E-state index is 0.0269. The van der Waals surface area contributed by atoms with E-state index in [1.165, 1.54) is 0 Å². The van der Waals surface area contributed by atoms with E-state index in [-0.39, 0.29) is 30.9 Å². The zero-order valence-corrected chi connectivity index (χ0v) is 19.2. The molecule has 2 amide bonds. The minimum atomic E-state index is -0.907. The van der Waals surface area contributed by atoms with E-state index in [0.29, 0.717) is 12.8 Å². The average molecular weight is 453 g/mol. The van der Waals surface area contributed by atoms with Crippen LogP contribution in [0.1, 0.15) is 63.0 Å². The molecule has 0 aliphatic heterocycles. The second kappa shape index (κ2) is 11.5. The zero-order chi connectivity index (χ0) is 23.8. The molecule has 0 spiro atoms. The first kappa shape index (κ1) is 24.3. The molecule has 3 N–H and O–H groups in total. The first-order chi connectivity index (χ1) is 15.9. The fraction of sp³-hybridized carbons (Fsp3) is 0.423. The third kappa shape index (κ3) is 6.34. The van der Waals surface area contributed by atoms with Crippen molar-refractivity contribution in [2.45, 2.75) is 64.0 Å². The molecule has 0 aromatic heterocycles. The van der Waals surface area contributed by atoms with Crippen LogP contribution in [0.15, 0.2) is 48.5 Å². The summed E-state index contributed by atoms with van der Waals surface area (Å²) in [7, 11) is 0. The second-order valence-electron chi connectivity index (χ2n) is 8.51. The lowest BCUT2D eigenvalue weighted by Gasteiger charge is -2.21. The fourth-order valence-corrected chi connectivity index (χ4v) is 4.21. The monoisotopic (exact) mass is 452 g/mol. The van der Waals surface area contributed by atoms with Crippen molar-refractivity contribution in [2.75, 3.05) is 6.61 Å². The number of carbonyl (C=O) groups excluding carboxylic acids is 2. The van der Waals surface area contributed by atoms with Crippen LogP contribution in [-0.4, -0.2) is 41.8 Å². The molecular weight excluding hydrogens is 420 g/mol. The Morgan fingerprint density at radius 3 is 2.15 bits per heavy atom. The molecule has 7 heteroatoms. The van der Waals surface area contributed by atoms with Gasteiger partial charge in [0.1, 0.15) is 12.6 Å². The molecule has 176 valence electrons. The molecule has 0 fully saturated rings. The number of aliphatic carboxylic acids is 1. The normalized spacial score (nSPS) is 14.0. The highest BCUT2D eigenvalue weighted by atomic mass is 16.5. The Kier molecular flexibility index (Phi) is 8.46. The molecule has 0 bridgehead atoms. The number of alkyl carbamates (subject to hydrolysis) is 1. The molecule has 3 rings (SSSR count). The summed E-state index contributed by atoms with van der Waals surface area (Å²) in [4.78, 5) is 36.1. The molecule has 0 heterocycles. The van der Waals surface area contributed by atoms with E-state index in [2.05, 4.69) is 34.9 Å². The van der Waals surface area contributed by atoms with Crippen LogP contribution >= 0.6 is 0 Å². The molecule has 33 heavy (non-hydrogen) atoms. The third-order valence-corrected chi connectivity index (χ3v) is 5.98. The van der Waals surface area contributed by atoms with Gasteiger partial charge in [-0.15, -0.1) is 0 Å². The molecule has 2 aromatic rings. The number of benzene rings is 2. The Hall–Kier alpha value is -3.35. The van der Waals surface area contributed by atoms with Gasteiger partial charge in [0, 0.05) is 18.4 Å². The Labute approximate surface area is 194 Å². The Balaban J connectivity index is 1.60. The van der Waals surface area contributed by atoms with Gasteiger partial charge in [-0.1, -0.05) is 68.3 Å². The van der Waals surface area contributed by atoms with Crippen molar-refractivity contribution < 1.29 is 24.2 Å². The summed E-state index contributed by atoms with van der Waals surface area (Å²) in [6.45, 7) is 3.94. The SMILES string of the molecule is CCCC[C@H](NC(=O)OCC1c2ccccc2-c2ccccc21)C(=O)NC(C)CCC(=O)O. The van der Waals surface area contributed by atoms with Crippen LogP contribution in [0.3, 0.4) is 0 Å². The van der Waals surface area contributed by atoms with Crippen molar-refractivity contribution in [3.63, 3.8) is 0 Å². The number of hydrogen-bond acceptors (Lipinski definition) is 4. The van der Waals surface area contributed by atoms with Gasteiger partial charge in [-0.3, -0.25) is 9.59 Å². The van der Waals surface area contributed by atoms with Crippen LogP contribution in [-0.2, 0) is 14.3 Å². The molecule has 0 saturated heterocycles. The summed E-state index contributed by atoms with van der Waals surface area (Å²) in [5, 5.41) is 14.3. The number of carboxylic acid groups (broad SMARTS) is 1. The van der Waals surface area contributed by atoms with E-state index in [1.807, 2.05) is 31.2 Å². The van der Waals surface area contributed by atoms with Crippen molar-refractivity contribution in [3.05, 3.63) is 59.7 Å². The van der Waals surface area contributed by atoms with Gasteiger partial charge in [-0.05, 0) is 42.0 Å². The maximum absolute atomic E-state index is 12.7. The Morgan fingerprint density at radius 2 is 1.58 bits per heavy atom. The van der Waals surface area contributed by atoms with Gasteiger partial charge < -0.3 is 20.5 Å². The van der Waals surface area contributed by atoms with Gasteiger partial charge in [0.25, 0.3) is 0 Å². The Bertz CT molecular complexity index is 945. The summed E-state index contributed by atoms with van der Waals surface area (Å²) in [5.41, 5.74) is 4.55. The lowest BCUT2D eigenvalue weighted by atomic mass is 9.98. The molecule has 7 nitrogen and oxygen atoms in total. The van der Waals surface area contributed by atoms with Gasteiger partial charge in [0.15, 0.2) is 0 Å². The van der Waals surface area contributed by atoms with Gasteiger partial charge in [0.05, 0.1) is 0 Å². The number of carboxylic acids is 1. The molecule has 1 unspecified atom stereocenters. The highest BCUT2D eigenvalue weighted by molar-refractivity contribution is 5.86. The number of unbranched alkanes of at least 4 members (excludes halogenated alkanes) is 1. The van der Waals surface area contributed by atoms with E-state index in [0.717, 1.165) is 35.1 Å². The van der Waals surface area contributed by atoms with Gasteiger partial charge >= 0.3 is 12.1 Å². The van der Waals surface area contributed by atoms with E-state index in [1.54, 1.807) is 6.92 Å². The number of fused-ring (bicyclic) bond motifs is 3. The number of rotatable bonds is 11. The number of ether oxygens (including phenoxy) is 1. The van der Waals surface area contributed by atoms with Crippen LogP contribution in [0.5, 0.6) is 0 Å². The largest absolute Gasteiger partial charge is 0.481 e. The van der Waals surface area contributed by atoms with E-state index >= 15 is 0 Å². The highest BCUT2D eigenvalue weighted by Gasteiger charge is 2.30. The van der Waals surface area contributed by atoms with Crippen LogP contribution in [0.4, 0.5) is 4.79 Å². The molecule has 0 radical (unpaired) electrons. The predicted octanol–water partition coefficient (Wildman–Crippen LogP) is 4.45. The number of carbonyl (C=O) groups is 3. The van der Waals surface area contributed by atoms with E-state index in [9.17, 15) is 14.4 Å². The van der Waals surface area contributed by atoms with E-state index in [4.69, 9.17) is 9.84 Å². The van der Waals surface area contributed by atoms with Gasteiger partial charge in [-0.25, -0.2) is 4.79 Å². The first-order valence-corrected chi connectivity index (χ1v) is 11.5. The van der Waals surface area contributed by atoms with Crippen LogP contribution < -0.4 is 10.6 Å². The predicted molar refractivity (Wildman–Crippen MR) is 126 cm³/mol. The molecule has 1 aliphatic carbocycles. The van der Waals surface area contributed by atoms with Crippen LogP contribution in [0.2, 0.25) is 0 Å². The molecule has 0 saturated carbocycles. The standard InChI is InChI=1S/C26H32N2O5/c1-3-4-13-23(25(31)27-17(2)14-15-24(29)30)28-26(32)33-16-22-20-11-7-5-9-18(20)19-10-6-8-12-21(19)22/h5-12,17,22-23H,3-4,13-16H2,1-2H3,(H,27,31)(H,28,32)(H,29,30)/t17?,23-/m0/s1. The van der Waals surface area contributed by atoms with Gasteiger partial charge in [-0.2, -0.15) is 0 Å². The Morgan fingerprint density at radius 1 is 0.970 bits per heavy atom. The topological polar surface area (TPSA) is 105 Å². The van der Waals surface area contributed by atoms with Crippen molar-refractivity contribution in [1.29, 1.82) is 0 Å². The van der Waals surface area contributed by atoms with Crippen molar-refractivity contribution in [3.8, 4) is 11.1 Å². The zero-order valence-electron chi connectivity index (χ0n) is 19.2. The summed E-state index contributed by atoms with van der Waals surface area (Å²) < 4.78 is 5.58. The lowest BCUT2D eigenvalue weighted by Crippen LogP contribution is -2.49. The summed E-state index contributed by atoms with van der Waals surface area (Å²) >= 11 is 0. The molecule has 2 aromatic carbocycles. The number of amides is 2. The molecule has 2 atom stereocenters. The third-order valence-electron chi connectivity index (χ3n) is 5.98. The van der Waals surface area contributed by atoms with E-state index < -0.39 is 18.1 Å².